The first-order chi connectivity index (χ1) is 25.7. The molecule has 2 aromatic heterocycles. The molecular weight excluding hydrogens is 633 g/mol. The zero-order chi connectivity index (χ0) is 34.5. The van der Waals surface area contributed by atoms with E-state index in [0.29, 0.717) is 16.8 Å². The molecule has 2 heterocycles. The fourth-order valence-electron chi connectivity index (χ4n) is 8.79. The highest BCUT2D eigenvalue weighted by Gasteiger charge is 2.26. The summed E-state index contributed by atoms with van der Waals surface area (Å²) in [5.41, 5.74) is 6.25. The van der Waals surface area contributed by atoms with Gasteiger partial charge in [-0.05, 0) is 79.5 Å². The monoisotopic (exact) mass is 658 g/mol. The van der Waals surface area contributed by atoms with Crippen LogP contribution in [0.25, 0.3) is 98.1 Å². The molecule has 0 unspecified atom stereocenters. The second-order valence-electron chi connectivity index (χ2n) is 13.5. The molecule has 0 bridgehead atoms. The third kappa shape index (κ3) is 3.68. The number of rotatable bonds is 2. The topological polar surface area (TPSA) is 57.4 Å². The summed E-state index contributed by atoms with van der Waals surface area (Å²) in [4.78, 5) is 0. The molecule has 4 heteroatoms. The second kappa shape index (κ2) is 10.6. The maximum Gasteiger partial charge on any atom is 0.103 e. The van der Waals surface area contributed by atoms with E-state index in [1.54, 1.807) is 6.07 Å². The predicted octanol–water partition coefficient (Wildman–Crippen LogP) is 12.2. The molecule has 0 aliphatic heterocycles. The Morgan fingerprint density at radius 3 is 1.08 bits per heavy atom. The molecule has 0 fully saturated rings. The fraction of sp³-hybridized carbons (Fsp3) is 0. The number of benzene rings is 9. The average Bonchev–Trinajstić information content (AvgIpc) is 3.74. The van der Waals surface area contributed by atoms with Crippen LogP contribution in [0.15, 0.2) is 158 Å². The van der Waals surface area contributed by atoms with Crippen molar-refractivity contribution in [3.63, 3.8) is 0 Å². The largest absolute Gasteiger partial charge is 0.307 e. The van der Waals surface area contributed by atoms with Crippen molar-refractivity contribution in [2.45, 2.75) is 0 Å². The minimum Gasteiger partial charge on any atom is -0.307 e. The molecule has 9 aromatic carbocycles. The molecule has 4 nitrogen and oxygen atoms in total. The molecule has 0 atom stereocenters. The van der Waals surface area contributed by atoms with Crippen LogP contribution >= 0.6 is 0 Å². The standard InChI is InChI=1S/C48H26N4/c49-27-33-21-26-43(51-39-22-17-29-9-1-5-13-34(29)44(39)45-35-14-6-2-10-30(35)18-23-40(45)51)48(38(33)28-50)52-41-24-19-31-11-3-7-15-36(31)46(41)47-37-16-8-4-12-32(37)20-25-42(47)52/h1-26H. The maximum absolute atomic E-state index is 11.0. The highest BCUT2D eigenvalue weighted by Crippen LogP contribution is 2.45. The lowest BCUT2D eigenvalue weighted by Crippen LogP contribution is -2.07. The Balaban J connectivity index is 1.40. The molecule has 11 aromatic rings. The van der Waals surface area contributed by atoms with Crippen LogP contribution in [0.2, 0.25) is 0 Å². The van der Waals surface area contributed by atoms with E-state index >= 15 is 0 Å². The summed E-state index contributed by atoms with van der Waals surface area (Å²) in [5.74, 6) is 0. The van der Waals surface area contributed by atoms with Crippen molar-refractivity contribution in [2.75, 3.05) is 0 Å². The zero-order valence-electron chi connectivity index (χ0n) is 27.8. The van der Waals surface area contributed by atoms with Gasteiger partial charge in [0, 0.05) is 21.5 Å². The Hall–Kier alpha value is -7.40. The molecule has 0 saturated heterocycles. The molecule has 0 N–H and O–H groups in total. The second-order valence-corrected chi connectivity index (χ2v) is 13.5. The van der Waals surface area contributed by atoms with E-state index in [2.05, 4.69) is 167 Å². The van der Waals surface area contributed by atoms with Crippen molar-refractivity contribution in [3.05, 3.63) is 169 Å². The van der Waals surface area contributed by atoms with Crippen LogP contribution in [0.5, 0.6) is 0 Å². The van der Waals surface area contributed by atoms with Crippen LogP contribution in [0, 0.1) is 22.7 Å². The van der Waals surface area contributed by atoms with Gasteiger partial charge < -0.3 is 9.13 Å². The van der Waals surface area contributed by atoms with Crippen molar-refractivity contribution in [2.24, 2.45) is 0 Å². The van der Waals surface area contributed by atoms with E-state index < -0.39 is 0 Å². The number of nitriles is 2. The number of nitrogens with zero attached hydrogens (tertiary/aromatic N) is 4. The molecule has 0 radical (unpaired) electrons. The Kier molecular flexibility index (Phi) is 5.77. The third-order valence-electron chi connectivity index (χ3n) is 10.9. The molecule has 0 amide bonds. The number of hydrogen-bond donors (Lipinski definition) is 0. The van der Waals surface area contributed by atoms with Gasteiger partial charge in [0.15, 0.2) is 0 Å². The SMILES string of the molecule is N#Cc1ccc(-n2c3ccc4ccccc4c3c3c4ccccc4ccc32)c(-n2c3ccc4ccccc4c3c3c4ccccc4ccc32)c1C#N. The fourth-order valence-corrected chi connectivity index (χ4v) is 8.79. The summed E-state index contributed by atoms with van der Waals surface area (Å²) in [5, 5.41) is 35.3. The van der Waals surface area contributed by atoms with Gasteiger partial charge in [0.1, 0.15) is 12.1 Å². The van der Waals surface area contributed by atoms with Gasteiger partial charge in [-0.15, -0.1) is 0 Å². The van der Waals surface area contributed by atoms with E-state index in [9.17, 15) is 10.5 Å². The minimum atomic E-state index is 0.342. The van der Waals surface area contributed by atoms with E-state index in [1.165, 1.54) is 21.5 Å². The lowest BCUT2D eigenvalue weighted by molar-refractivity contribution is 1.09. The van der Waals surface area contributed by atoms with Gasteiger partial charge >= 0.3 is 0 Å². The van der Waals surface area contributed by atoms with Crippen molar-refractivity contribution in [3.8, 4) is 23.5 Å². The lowest BCUT2D eigenvalue weighted by atomic mass is 10.00. The van der Waals surface area contributed by atoms with Crippen molar-refractivity contribution in [1.29, 1.82) is 10.5 Å². The summed E-state index contributed by atoms with van der Waals surface area (Å²) in [7, 11) is 0. The van der Waals surface area contributed by atoms with E-state index in [1.807, 2.05) is 6.07 Å². The molecule has 0 spiro atoms. The van der Waals surface area contributed by atoms with Gasteiger partial charge in [-0.25, -0.2) is 0 Å². The van der Waals surface area contributed by atoms with Gasteiger partial charge in [0.05, 0.1) is 44.6 Å². The smallest absolute Gasteiger partial charge is 0.103 e. The molecular formula is C48H26N4. The molecule has 238 valence electrons. The molecule has 52 heavy (non-hydrogen) atoms. The number of aromatic nitrogens is 2. The predicted molar refractivity (Wildman–Crippen MR) is 215 cm³/mol. The van der Waals surface area contributed by atoms with Gasteiger partial charge in [0.25, 0.3) is 0 Å². The highest BCUT2D eigenvalue weighted by atomic mass is 15.1. The number of hydrogen-bond acceptors (Lipinski definition) is 2. The average molecular weight is 659 g/mol. The summed E-state index contributed by atoms with van der Waals surface area (Å²) in [6.07, 6.45) is 0. The minimum absolute atomic E-state index is 0.342. The van der Waals surface area contributed by atoms with Crippen molar-refractivity contribution < 1.29 is 0 Å². The molecule has 11 rings (SSSR count). The van der Waals surface area contributed by atoms with Gasteiger partial charge in [-0.2, -0.15) is 10.5 Å². The van der Waals surface area contributed by atoms with Crippen LogP contribution in [0.1, 0.15) is 11.1 Å². The van der Waals surface area contributed by atoms with Crippen LogP contribution in [-0.4, -0.2) is 9.13 Å². The zero-order valence-corrected chi connectivity index (χ0v) is 27.8. The first kappa shape index (κ1) is 28.4. The van der Waals surface area contributed by atoms with E-state index in [-0.39, 0.29) is 0 Å². The molecule has 0 aliphatic rings. The number of fused-ring (bicyclic) bond motifs is 14. The van der Waals surface area contributed by atoms with Gasteiger partial charge in [-0.3, -0.25) is 0 Å². The third-order valence-corrected chi connectivity index (χ3v) is 10.9. The Morgan fingerprint density at radius 1 is 0.346 bits per heavy atom. The summed E-state index contributed by atoms with van der Waals surface area (Å²) >= 11 is 0. The first-order valence-corrected chi connectivity index (χ1v) is 17.4. The van der Waals surface area contributed by atoms with Crippen LogP contribution in [-0.2, 0) is 0 Å². The van der Waals surface area contributed by atoms with Gasteiger partial charge in [-0.1, -0.05) is 121 Å². The quantitative estimate of drug-likeness (QED) is 0.186. The van der Waals surface area contributed by atoms with E-state index in [0.717, 1.165) is 70.8 Å². The first-order valence-electron chi connectivity index (χ1n) is 17.4. The molecule has 0 saturated carbocycles. The summed E-state index contributed by atoms with van der Waals surface area (Å²) in [6, 6.07) is 60.2. The van der Waals surface area contributed by atoms with Crippen molar-refractivity contribution in [1.82, 2.24) is 9.13 Å². The summed E-state index contributed by atoms with van der Waals surface area (Å²) in [6.45, 7) is 0. The Bertz CT molecular complexity index is 3250. The normalized spacial score (nSPS) is 11.8. The molecule has 0 aliphatic carbocycles. The highest BCUT2D eigenvalue weighted by molar-refractivity contribution is 6.30. The van der Waals surface area contributed by atoms with Crippen LogP contribution in [0.4, 0.5) is 0 Å². The Labute approximate surface area is 297 Å². The van der Waals surface area contributed by atoms with Crippen LogP contribution < -0.4 is 0 Å². The van der Waals surface area contributed by atoms with Gasteiger partial charge in [0.2, 0.25) is 0 Å². The van der Waals surface area contributed by atoms with Crippen LogP contribution in [0.3, 0.4) is 0 Å². The maximum atomic E-state index is 11.0. The summed E-state index contributed by atoms with van der Waals surface area (Å²) < 4.78 is 4.54. The van der Waals surface area contributed by atoms with Crippen molar-refractivity contribution >= 4 is 86.7 Å². The van der Waals surface area contributed by atoms with E-state index in [4.69, 9.17) is 0 Å². The Morgan fingerprint density at radius 2 is 0.712 bits per heavy atom. The lowest BCUT2D eigenvalue weighted by Gasteiger charge is -2.19.